The van der Waals surface area contributed by atoms with Crippen LogP contribution in [0.5, 0.6) is 0 Å². The lowest BCUT2D eigenvalue weighted by molar-refractivity contribution is 0.591. The largest absolute Gasteiger partial charge is 0.330 e. The van der Waals surface area contributed by atoms with Crippen molar-refractivity contribution in [2.24, 2.45) is 11.7 Å². The van der Waals surface area contributed by atoms with Gasteiger partial charge in [0.2, 0.25) is 0 Å². The van der Waals surface area contributed by atoms with E-state index >= 15 is 0 Å². The van der Waals surface area contributed by atoms with Crippen LogP contribution in [0.15, 0.2) is 5.38 Å². The molecule has 1 saturated heterocycles. The lowest BCUT2D eigenvalue weighted by atomic mass is 10.1. The van der Waals surface area contributed by atoms with Crippen molar-refractivity contribution >= 4 is 23.1 Å². The Hall–Kier alpha value is -0.0600. The normalized spacial score (nSPS) is 23.2. The number of aromatic nitrogens is 1. The molecular weight excluding hydrogens is 224 g/mol. The fraction of sp³-hybridized carbons (Fsp3) is 0.727. The first kappa shape index (κ1) is 11.4. The third kappa shape index (κ3) is 2.95. The lowest BCUT2D eigenvalue weighted by Crippen LogP contribution is -2.09. The van der Waals surface area contributed by atoms with Gasteiger partial charge < -0.3 is 5.73 Å². The molecule has 2 heterocycles. The first-order valence-corrected chi connectivity index (χ1v) is 7.55. The number of nitrogens with two attached hydrogens (primary N) is 1. The Morgan fingerprint density at radius 2 is 2.53 bits per heavy atom. The average molecular weight is 242 g/mol. The SMILES string of the molecule is CC(CN)c1csc(CC2CCSC2)n1. The molecule has 2 nitrogen and oxygen atoms in total. The first-order chi connectivity index (χ1) is 7.29. The Bertz CT molecular complexity index is 305. The van der Waals surface area contributed by atoms with E-state index in [0.717, 1.165) is 5.92 Å². The Balaban J connectivity index is 1.94. The van der Waals surface area contributed by atoms with Gasteiger partial charge in [-0.15, -0.1) is 11.3 Å². The third-order valence-electron chi connectivity index (χ3n) is 2.92. The van der Waals surface area contributed by atoms with Crippen LogP contribution in [-0.4, -0.2) is 23.0 Å². The predicted octanol–water partition coefficient (Wildman–Crippen LogP) is 2.50. The molecule has 0 aliphatic carbocycles. The summed E-state index contributed by atoms with van der Waals surface area (Å²) >= 11 is 3.88. The lowest BCUT2D eigenvalue weighted by Gasteiger charge is -2.05. The van der Waals surface area contributed by atoms with Gasteiger partial charge in [0, 0.05) is 24.3 Å². The molecule has 0 amide bonds. The van der Waals surface area contributed by atoms with Gasteiger partial charge in [-0.2, -0.15) is 11.8 Å². The van der Waals surface area contributed by atoms with Crippen molar-refractivity contribution in [2.45, 2.75) is 25.7 Å². The zero-order chi connectivity index (χ0) is 10.7. The Kier molecular flexibility index (Phi) is 4.05. The van der Waals surface area contributed by atoms with E-state index in [0.29, 0.717) is 12.5 Å². The van der Waals surface area contributed by atoms with Crippen molar-refractivity contribution in [3.63, 3.8) is 0 Å². The number of thioether (sulfide) groups is 1. The Morgan fingerprint density at radius 3 is 3.20 bits per heavy atom. The molecule has 2 atom stereocenters. The number of rotatable bonds is 4. The molecule has 0 saturated carbocycles. The molecule has 84 valence electrons. The summed E-state index contributed by atoms with van der Waals surface area (Å²) in [7, 11) is 0. The minimum absolute atomic E-state index is 0.410. The van der Waals surface area contributed by atoms with Crippen LogP contribution < -0.4 is 5.73 Å². The van der Waals surface area contributed by atoms with Gasteiger partial charge in [-0.3, -0.25) is 0 Å². The Morgan fingerprint density at radius 1 is 1.67 bits per heavy atom. The number of hydrogen-bond acceptors (Lipinski definition) is 4. The first-order valence-electron chi connectivity index (χ1n) is 5.51. The summed E-state index contributed by atoms with van der Waals surface area (Å²) in [6, 6.07) is 0. The zero-order valence-electron chi connectivity index (χ0n) is 9.11. The second-order valence-electron chi connectivity index (χ2n) is 4.24. The molecule has 0 radical (unpaired) electrons. The van der Waals surface area contributed by atoms with E-state index < -0.39 is 0 Å². The molecule has 1 aromatic heterocycles. The molecule has 0 spiro atoms. The van der Waals surface area contributed by atoms with E-state index in [1.165, 1.54) is 35.0 Å². The fourth-order valence-corrected chi connectivity index (χ4v) is 4.07. The van der Waals surface area contributed by atoms with E-state index in [9.17, 15) is 0 Å². The maximum absolute atomic E-state index is 5.64. The van der Waals surface area contributed by atoms with Gasteiger partial charge in [0.05, 0.1) is 10.7 Å². The molecule has 15 heavy (non-hydrogen) atoms. The molecule has 1 aromatic rings. The van der Waals surface area contributed by atoms with Gasteiger partial charge in [-0.25, -0.2) is 4.98 Å². The van der Waals surface area contributed by atoms with Crippen LogP contribution in [0, 0.1) is 5.92 Å². The predicted molar refractivity (Wildman–Crippen MR) is 68.7 cm³/mol. The molecule has 0 aromatic carbocycles. The number of hydrogen-bond donors (Lipinski definition) is 1. The van der Waals surface area contributed by atoms with Crippen molar-refractivity contribution in [3.05, 3.63) is 16.1 Å². The molecular formula is C11H18N2S2. The molecule has 2 rings (SSSR count). The van der Waals surface area contributed by atoms with Gasteiger partial charge in [0.25, 0.3) is 0 Å². The molecule has 2 unspecified atom stereocenters. The third-order valence-corrected chi connectivity index (χ3v) is 5.04. The molecule has 4 heteroatoms. The summed E-state index contributed by atoms with van der Waals surface area (Å²) in [5.74, 6) is 3.93. The standard InChI is InChI=1S/C11H18N2S2/c1-8(5-12)10-7-15-11(13-10)4-9-2-3-14-6-9/h7-9H,2-6,12H2,1H3. The summed E-state index contributed by atoms with van der Waals surface area (Å²) in [4.78, 5) is 4.67. The summed E-state index contributed by atoms with van der Waals surface area (Å²) in [6.07, 6.45) is 2.54. The van der Waals surface area contributed by atoms with Crippen molar-refractivity contribution < 1.29 is 0 Å². The number of nitrogens with zero attached hydrogens (tertiary/aromatic N) is 1. The van der Waals surface area contributed by atoms with Crippen LogP contribution in [0.4, 0.5) is 0 Å². The van der Waals surface area contributed by atoms with Gasteiger partial charge in [0.15, 0.2) is 0 Å². The maximum atomic E-state index is 5.64. The summed E-state index contributed by atoms with van der Waals surface area (Å²) in [6.45, 7) is 2.84. The summed E-state index contributed by atoms with van der Waals surface area (Å²) in [5.41, 5.74) is 6.82. The van der Waals surface area contributed by atoms with Gasteiger partial charge >= 0.3 is 0 Å². The average Bonchev–Trinajstić information content (AvgIpc) is 2.88. The van der Waals surface area contributed by atoms with Crippen LogP contribution in [0.25, 0.3) is 0 Å². The van der Waals surface area contributed by atoms with Crippen molar-refractivity contribution in [1.82, 2.24) is 4.98 Å². The highest BCUT2D eigenvalue weighted by Gasteiger charge is 2.18. The fourth-order valence-electron chi connectivity index (χ4n) is 1.76. The van der Waals surface area contributed by atoms with Gasteiger partial charge in [-0.05, 0) is 23.8 Å². The van der Waals surface area contributed by atoms with Gasteiger partial charge in [0.1, 0.15) is 0 Å². The van der Waals surface area contributed by atoms with Crippen LogP contribution in [0.1, 0.15) is 30.0 Å². The minimum atomic E-state index is 0.410. The summed E-state index contributed by atoms with van der Waals surface area (Å²) < 4.78 is 0. The second kappa shape index (κ2) is 5.32. The van der Waals surface area contributed by atoms with E-state index in [1.54, 1.807) is 11.3 Å². The topological polar surface area (TPSA) is 38.9 Å². The molecule has 1 aliphatic rings. The van der Waals surface area contributed by atoms with Crippen LogP contribution in [0.2, 0.25) is 0 Å². The maximum Gasteiger partial charge on any atom is 0.0931 e. The molecule has 0 bridgehead atoms. The monoisotopic (exact) mass is 242 g/mol. The van der Waals surface area contributed by atoms with Crippen molar-refractivity contribution in [2.75, 3.05) is 18.1 Å². The van der Waals surface area contributed by atoms with E-state index in [1.807, 2.05) is 0 Å². The molecule has 1 fully saturated rings. The highest BCUT2D eigenvalue weighted by Crippen LogP contribution is 2.28. The highest BCUT2D eigenvalue weighted by molar-refractivity contribution is 7.99. The van der Waals surface area contributed by atoms with Crippen molar-refractivity contribution in [3.8, 4) is 0 Å². The van der Waals surface area contributed by atoms with E-state index in [2.05, 4.69) is 29.0 Å². The van der Waals surface area contributed by atoms with E-state index in [-0.39, 0.29) is 0 Å². The molecule has 1 aliphatic heterocycles. The second-order valence-corrected chi connectivity index (χ2v) is 6.33. The quantitative estimate of drug-likeness (QED) is 0.881. The van der Waals surface area contributed by atoms with E-state index in [4.69, 9.17) is 5.73 Å². The molecule has 2 N–H and O–H groups in total. The van der Waals surface area contributed by atoms with Crippen molar-refractivity contribution in [1.29, 1.82) is 0 Å². The van der Waals surface area contributed by atoms with Crippen LogP contribution in [-0.2, 0) is 6.42 Å². The Labute approximate surface area is 99.7 Å². The highest BCUT2D eigenvalue weighted by atomic mass is 32.2. The minimum Gasteiger partial charge on any atom is -0.330 e. The smallest absolute Gasteiger partial charge is 0.0931 e. The number of thiazole rings is 1. The zero-order valence-corrected chi connectivity index (χ0v) is 10.7. The van der Waals surface area contributed by atoms with Crippen LogP contribution in [0.3, 0.4) is 0 Å². The van der Waals surface area contributed by atoms with Crippen LogP contribution >= 0.6 is 23.1 Å². The van der Waals surface area contributed by atoms with Gasteiger partial charge in [-0.1, -0.05) is 6.92 Å². The summed E-state index contributed by atoms with van der Waals surface area (Å²) in [5, 5.41) is 3.48.